The molecule has 0 spiro atoms. The van der Waals surface area contributed by atoms with E-state index in [-0.39, 0.29) is 6.10 Å². The molecule has 4 unspecified atom stereocenters. The van der Waals surface area contributed by atoms with Gasteiger partial charge in [-0.15, -0.1) is 0 Å². The van der Waals surface area contributed by atoms with Crippen molar-refractivity contribution >= 4 is 0 Å². The Hall–Kier alpha value is -0.0800. The summed E-state index contributed by atoms with van der Waals surface area (Å²) in [5.41, 5.74) is 0.427. The third-order valence-electron chi connectivity index (χ3n) is 4.91. The number of aliphatic hydroxyl groups is 1. The molecule has 2 aliphatic rings. The van der Waals surface area contributed by atoms with Crippen LogP contribution in [0.5, 0.6) is 0 Å². The number of rotatable bonds is 2. The Morgan fingerprint density at radius 1 is 1.17 bits per heavy atom. The molecule has 0 amide bonds. The molecule has 106 valence electrons. The quantitative estimate of drug-likeness (QED) is 0.817. The van der Waals surface area contributed by atoms with E-state index in [1.54, 1.807) is 0 Å². The van der Waals surface area contributed by atoms with E-state index in [2.05, 4.69) is 32.6 Å². The minimum absolute atomic E-state index is 0.0643. The van der Waals surface area contributed by atoms with Crippen LogP contribution in [0.1, 0.15) is 53.4 Å². The Kier molecular flexibility index (Phi) is 4.38. The van der Waals surface area contributed by atoms with Crippen molar-refractivity contribution in [2.45, 2.75) is 59.5 Å². The molecular weight excluding hydrogens is 222 g/mol. The lowest BCUT2D eigenvalue weighted by atomic mass is 9.70. The van der Waals surface area contributed by atoms with E-state index < -0.39 is 0 Å². The van der Waals surface area contributed by atoms with Crippen LogP contribution in [0.3, 0.4) is 0 Å². The second-order valence-corrected chi connectivity index (χ2v) is 7.90. The van der Waals surface area contributed by atoms with Gasteiger partial charge < -0.3 is 10.0 Å². The predicted molar refractivity (Wildman–Crippen MR) is 76.5 cm³/mol. The van der Waals surface area contributed by atoms with Crippen molar-refractivity contribution in [2.24, 2.45) is 23.2 Å². The molecule has 2 fully saturated rings. The summed E-state index contributed by atoms with van der Waals surface area (Å²) in [4.78, 5) is 2.61. The zero-order valence-electron chi connectivity index (χ0n) is 12.7. The Bertz CT molecular complexity index is 266. The standard InChI is InChI=1S/C16H31NO/c1-12-7-13(2)10-17(9-12)11-14-8-16(3,4)6-5-15(14)18/h12-15,18H,5-11H2,1-4H3. The lowest BCUT2D eigenvalue weighted by Gasteiger charge is -2.43. The molecule has 1 heterocycles. The van der Waals surface area contributed by atoms with E-state index in [0.29, 0.717) is 11.3 Å². The smallest absolute Gasteiger partial charge is 0.0581 e. The van der Waals surface area contributed by atoms with Crippen molar-refractivity contribution in [1.29, 1.82) is 0 Å². The third-order valence-corrected chi connectivity index (χ3v) is 4.91. The van der Waals surface area contributed by atoms with Gasteiger partial charge in [0.1, 0.15) is 0 Å². The summed E-state index contributed by atoms with van der Waals surface area (Å²) >= 11 is 0. The van der Waals surface area contributed by atoms with Crippen LogP contribution in [0.25, 0.3) is 0 Å². The first-order chi connectivity index (χ1) is 8.35. The Morgan fingerprint density at radius 2 is 1.78 bits per heavy atom. The molecular formula is C16H31NO. The maximum Gasteiger partial charge on any atom is 0.0581 e. The van der Waals surface area contributed by atoms with Crippen LogP contribution >= 0.6 is 0 Å². The van der Waals surface area contributed by atoms with Gasteiger partial charge in [-0.25, -0.2) is 0 Å². The minimum atomic E-state index is -0.0643. The second-order valence-electron chi connectivity index (χ2n) is 7.90. The van der Waals surface area contributed by atoms with Crippen molar-refractivity contribution in [1.82, 2.24) is 4.90 Å². The number of nitrogens with zero attached hydrogens (tertiary/aromatic N) is 1. The highest BCUT2D eigenvalue weighted by Crippen LogP contribution is 2.39. The van der Waals surface area contributed by atoms with Gasteiger partial charge in [-0.2, -0.15) is 0 Å². The van der Waals surface area contributed by atoms with Crippen LogP contribution in [-0.2, 0) is 0 Å². The van der Waals surface area contributed by atoms with E-state index in [4.69, 9.17) is 0 Å². The third kappa shape index (κ3) is 3.71. The number of hydrogen-bond acceptors (Lipinski definition) is 2. The first kappa shape index (κ1) is 14.3. The van der Waals surface area contributed by atoms with Gasteiger partial charge in [0.2, 0.25) is 0 Å². The SMILES string of the molecule is CC1CC(C)CN(CC2CC(C)(C)CCC2O)C1. The van der Waals surface area contributed by atoms with Crippen LogP contribution in [-0.4, -0.2) is 35.7 Å². The molecule has 2 heteroatoms. The Balaban J connectivity index is 1.91. The van der Waals surface area contributed by atoms with E-state index in [1.807, 2.05) is 0 Å². The molecule has 18 heavy (non-hydrogen) atoms. The maximum absolute atomic E-state index is 10.2. The topological polar surface area (TPSA) is 23.5 Å². The molecule has 1 aliphatic heterocycles. The summed E-state index contributed by atoms with van der Waals surface area (Å²) in [5, 5.41) is 10.2. The molecule has 4 atom stereocenters. The van der Waals surface area contributed by atoms with Crippen LogP contribution in [0.4, 0.5) is 0 Å². The first-order valence-corrected chi connectivity index (χ1v) is 7.76. The van der Waals surface area contributed by atoms with Gasteiger partial charge in [-0.1, -0.05) is 27.7 Å². The highest BCUT2D eigenvalue weighted by Gasteiger charge is 2.35. The van der Waals surface area contributed by atoms with Gasteiger partial charge in [0.05, 0.1) is 6.10 Å². The molecule has 2 nitrogen and oxygen atoms in total. The van der Waals surface area contributed by atoms with Crippen molar-refractivity contribution in [3.8, 4) is 0 Å². The monoisotopic (exact) mass is 253 g/mol. The fourth-order valence-electron chi connectivity index (χ4n) is 4.18. The normalized spacial score (nSPS) is 41.8. The van der Waals surface area contributed by atoms with Crippen molar-refractivity contribution in [2.75, 3.05) is 19.6 Å². The first-order valence-electron chi connectivity index (χ1n) is 7.76. The average molecular weight is 253 g/mol. The highest BCUT2D eigenvalue weighted by atomic mass is 16.3. The van der Waals surface area contributed by atoms with Gasteiger partial charge in [-0.3, -0.25) is 0 Å². The van der Waals surface area contributed by atoms with E-state index in [1.165, 1.54) is 32.4 Å². The van der Waals surface area contributed by atoms with Crippen molar-refractivity contribution < 1.29 is 5.11 Å². The number of likely N-dealkylation sites (tertiary alicyclic amines) is 1. The van der Waals surface area contributed by atoms with Crippen LogP contribution in [0.15, 0.2) is 0 Å². The molecule has 1 saturated carbocycles. The fourth-order valence-corrected chi connectivity index (χ4v) is 4.18. The molecule has 2 rings (SSSR count). The van der Waals surface area contributed by atoms with E-state index in [0.717, 1.165) is 24.8 Å². The Labute approximate surface area is 113 Å². The summed E-state index contributed by atoms with van der Waals surface area (Å²) < 4.78 is 0. The summed E-state index contributed by atoms with van der Waals surface area (Å²) in [6.07, 6.45) is 4.67. The molecule has 0 aromatic rings. The van der Waals surface area contributed by atoms with E-state index >= 15 is 0 Å². The van der Waals surface area contributed by atoms with Gasteiger partial charge in [0, 0.05) is 19.6 Å². The summed E-state index contributed by atoms with van der Waals surface area (Å²) in [5.74, 6) is 2.14. The summed E-state index contributed by atoms with van der Waals surface area (Å²) in [6.45, 7) is 13.0. The average Bonchev–Trinajstić information content (AvgIpc) is 2.22. The second kappa shape index (κ2) is 5.50. The van der Waals surface area contributed by atoms with Crippen LogP contribution in [0, 0.1) is 23.2 Å². The highest BCUT2D eigenvalue weighted by molar-refractivity contribution is 4.87. The molecule has 0 radical (unpaired) electrons. The number of hydrogen-bond donors (Lipinski definition) is 1. The molecule has 0 bridgehead atoms. The van der Waals surface area contributed by atoms with Gasteiger partial charge in [-0.05, 0) is 48.9 Å². The molecule has 0 aromatic heterocycles. The lowest BCUT2D eigenvalue weighted by Crippen LogP contribution is -2.46. The van der Waals surface area contributed by atoms with Crippen LogP contribution in [0.2, 0.25) is 0 Å². The van der Waals surface area contributed by atoms with Crippen molar-refractivity contribution in [3.63, 3.8) is 0 Å². The zero-order chi connectivity index (χ0) is 13.3. The molecule has 1 aliphatic carbocycles. The van der Waals surface area contributed by atoms with E-state index in [9.17, 15) is 5.11 Å². The largest absolute Gasteiger partial charge is 0.393 e. The summed E-state index contributed by atoms with van der Waals surface area (Å²) in [7, 11) is 0. The predicted octanol–water partition coefficient (Wildman–Crippen LogP) is 3.15. The van der Waals surface area contributed by atoms with Crippen LogP contribution < -0.4 is 0 Å². The molecule has 1 N–H and O–H groups in total. The maximum atomic E-state index is 10.2. The van der Waals surface area contributed by atoms with Gasteiger partial charge in [0.15, 0.2) is 0 Å². The molecule has 1 saturated heterocycles. The molecule has 0 aromatic carbocycles. The number of aliphatic hydroxyl groups excluding tert-OH is 1. The summed E-state index contributed by atoms with van der Waals surface area (Å²) in [6, 6.07) is 0. The fraction of sp³-hybridized carbons (Fsp3) is 1.00. The zero-order valence-corrected chi connectivity index (χ0v) is 12.7. The van der Waals surface area contributed by atoms with Gasteiger partial charge >= 0.3 is 0 Å². The minimum Gasteiger partial charge on any atom is -0.393 e. The number of piperidine rings is 1. The van der Waals surface area contributed by atoms with Crippen molar-refractivity contribution in [3.05, 3.63) is 0 Å². The lowest BCUT2D eigenvalue weighted by molar-refractivity contribution is -0.00562. The van der Waals surface area contributed by atoms with Gasteiger partial charge in [0.25, 0.3) is 0 Å². The Morgan fingerprint density at radius 3 is 2.39 bits per heavy atom.